The van der Waals surface area contributed by atoms with Gasteiger partial charge in [-0.15, -0.1) is 16.4 Å². The van der Waals surface area contributed by atoms with Crippen LogP contribution in [-0.2, 0) is 11.3 Å². The average molecular weight is 499 g/mol. The van der Waals surface area contributed by atoms with E-state index >= 15 is 0 Å². The molecule has 0 aliphatic heterocycles. The molecule has 9 heteroatoms. The van der Waals surface area contributed by atoms with Gasteiger partial charge < -0.3 is 14.2 Å². The highest BCUT2D eigenvalue weighted by atomic mass is 32.1. The Morgan fingerprint density at radius 3 is 2.36 bits per heavy atom. The van der Waals surface area contributed by atoms with Gasteiger partial charge in [-0.05, 0) is 24.3 Å². The molecule has 8 nitrogen and oxygen atoms in total. The van der Waals surface area contributed by atoms with E-state index in [-0.39, 0.29) is 12.4 Å². The van der Waals surface area contributed by atoms with Crippen molar-refractivity contribution in [2.24, 2.45) is 0 Å². The third-order valence-electron chi connectivity index (χ3n) is 5.36. The van der Waals surface area contributed by atoms with E-state index in [1.807, 2.05) is 84.2 Å². The zero-order valence-corrected chi connectivity index (χ0v) is 20.4. The van der Waals surface area contributed by atoms with Crippen LogP contribution in [0.3, 0.4) is 0 Å². The molecule has 0 aliphatic carbocycles. The number of benzene rings is 3. The van der Waals surface area contributed by atoms with Crippen LogP contribution in [0, 0.1) is 0 Å². The van der Waals surface area contributed by atoms with Crippen molar-refractivity contribution >= 4 is 17.3 Å². The number of para-hydroxylation sites is 2. The summed E-state index contributed by atoms with van der Waals surface area (Å²) in [5, 5.41) is 7.02. The maximum Gasteiger partial charge on any atom is 0.378 e. The number of thiazole rings is 1. The highest BCUT2D eigenvalue weighted by Crippen LogP contribution is 2.39. The normalized spacial score (nSPS) is 10.7. The Labute approximate surface area is 211 Å². The standard InChI is InChI=1S/C27H22N4O4S/c1-33-22-15-9-14-21(23(22)34-2)26-28-19(17-36-26)16-35-27(32)24-29-25(18-10-5-3-6-11-18)31(30-24)20-12-7-4-8-13-20/h3-15,17H,16H2,1-2H3. The van der Waals surface area contributed by atoms with E-state index in [9.17, 15) is 4.79 Å². The molecule has 0 saturated heterocycles. The monoisotopic (exact) mass is 498 g/mol. The van der Waals surface area contributed by atoms with Crippen LogP contribution in [0.1, 0.15) is 16.3 Å². The van der Waals surface area contributed by atoms with Gasteiger partial charge in [-0.25, -0.2) is 19.4 Å². The zero-order valence-electron chi connectivity index (χ0n) is 19.6. The lowest BCUT2D eigenvalue weighted by molar-refractivity contribution is 0.0454. The molecule has 0 amide bonds. The fraction of sp³-hybridized carbons (Fsp3) is 0.111. The van der Waals surface area contributed by atoms with Gasteiger partial charge >= 0.3 is 5.97 Å². The van der Waals surface area contributed by atoms with Crippen molar-refractivity contribution in [2.45, 2.75) is 6.61 Å². The summed E-state index contributed by atoms with van der Waals surface area (Å²) in [6, 6.07) is 24.7. The molecule has 2 aromatic heterocycles. The average Bonchev–Trinajstić information content (AvgIpc) is 3.60. The van der Waals surface area contributed by atoms with Gasteiger partial charge in [0, 0.05) is 10.9 Å². The predicted octanol–water partition coefficient (Wildman–Crippen LogP) is 5.43. The molecule has 0 radical (unpaired) electrons. The molecule has 36 heavy (non-hydrogen) atoms. The van der Waals surface area contributed by atoms with Gasteiger partial charge in [-0.1, -0.05) is 54.6 Å². The molecule has 3 aromatic carbocycles. The van der Waals surface area contributed by atoms with E-state index in [2.05, 4.69) is 15.1 Å². The number of hydrogen-bond acceptors (Lipinski definition) is 8. The van der Waals surface area contributed by atoms with Crippen LogP contribution in [0.15, 0.2) is 84.2 Å². The Kier molecular flexibility index (Phi) is 6.72. The fourth-order valence-electron chi connectivity index (χ4n) is 3.68. The molecule has 0 aliphatic rings. The number of aromatic nitrogens is 4. The first-order chi connectivity index (χ1) is 17.7. The van der Waals surface area contributed by atoms with Gasteiger partial charge in [0.15, 0.2) is 17.3 Å². The van der Waals surface area contributed by atoms with E-state index in [0.717, 1.165) is 21.8 Å². The van der Waals surface area contributed by atoms with Crippen molar-refractivity contribution in [3.8, 4) is 39.1 Å². The molecule has 0 atom stereocenters. The van der Waals surface area contributed by atoms with E-state index in [1.54, 1.807) is 18.9 Å². The summed E-state index contributed by atoms with van der Waals surface area (Å²) >= 11 is 1.43. The molecule has 5 aromatic rings. The smallest absolute Gasteiger partial charge is 0.378 e. The van der Waals surface area contributed by atoms with Crippen LogP contribution >= 0.6 is 11.3 Å². The first-order valence-electron chi connectivity index (χ1n) is 11.1. The zero-order chi connectivity index (χ0) is 24.9. The van der Waals surface area contributed by atoms with Crippen molar-refractivity contribution in [2.75, 3.05) is 14.2 Å². The molecule has 0 unspecified atom stereocenters. The topological polar surface area (TPSA) is 88.4 Å². The van der Waals surface area contributed by atoms with Gasteiger partial charge in [-0.3, -0.25) is 0 Å². The summed E-state index contributed by atoms with van der Waals surface area (Å²) in [6.45, 7) is -0.0117. The first kappa shape index (κ1) is 23.3. The SMILES string of the molecule is COc1cccc(-c2nc(COC(=O)c3nc(-c4ccccc4)n(-c4ccccc4)n3)cs2)c1OC. The number of rotatable bonds is 8. The van der Waals surface area contributed by atoms with Crippen molar-refractivity contribution in [1.82, 2.24) is 19.7 Å². The number of methoxy groups -OCH3 is 2. The maximum atomic E-state index is 12.9. The summed E-state index contributed by atoms with van der Waals surface area (Å²) in [4.78, 5) is 22.0. The number of nitrogens with zero attached hydrogens (tertiary/aromatic N) is 4. The first-order valence-corrected chi connectivity index (χ1v) is 12.0. The van der Waals surface area contributed by atoms with Crippen molar-refractivity contribution in [1.29, 1.82) is 0 Å². The van der Waals surface area contributed by atoms with E-state index in [0.29, 0.717) is 23.0 Å². The van der Waals surface area contributed by atoms with E-state index in [4.69, 9.17) is 14.2 Å². The fourth-order valence-corrected chi connectivity index (χ4v) is 4.50. The van der Waals surface area contributed by atoms with E-state index < -0.39 is 5.97 Å². The predicted molar refractivity (Wildman–Crippen MR) is 137 cm³/mol. The highest BCUT2D eigenvalue weighted by Gasteiger charge is 2.21. The Morgan fingerprint density at radius 1 is 0.889 bits per heavy atom. The quantitative estimate of drug-likeness (QED) is 0.264. The third kappa shape index (κ3) is 4.69. The number of esters is 1. The second-order valence-electron chi connectivity index (χ2n) is 7.63. The summed E-state index contributed by atoms with van der Waals surface area (Å²) < 4.78 is 18.0. The summed E-state index contributed by atoms with van der Waals surface area (Å²) in [6.07, 6.45) is 0. The summed E-state index contributed by atoms with van der Waals surface area (Å²) in [5.74, 6) is 1.11. The van der Waals surface area contributed by atoms with Crippen LogP contribution in [-0.4, -0.2) is 39.9 Å². The Morgan fingerprint density at radius 2 is 1.64 bits per heavy atom. The number of carbonyl (C=O) groups excluding carboxylic acids is 1. The largest absolute Gasteiger partial charge is 0.493 e. The summed E-state index contributed by atoms with van der Waals surface area (Å²) in [5.41, 5.74) is 3.04. The van der Waals surface area contributed by atoms with Crippen LogP contribution in [0.2, 0.25) is 0 Å². The lowest BCUT2D eigenvalue weighted by Gasteiger charge is -2.10. The molecule has 2 heterocycles. The lowest BCUT2D eigenvalue weighted by atomic mass is 10.2. The molecule has 5 rings (SSSR count). The Bertz CT molecular complexity index is 1430. The Hall–Kier alpha value is -4.50. The molecule has 0 saturated carbocycles. The molecule has 180 valence electrons. The molecular formula is C27H22N4O4S. The van der Waals surface area contributed by atoms with Crippen LogP contribution in [0.4, 0.5) is 0 Å². The van der Waals surface area contributed by atoms with E-state index in [1.165, 1.54) is 11.3 Å². The maximum absolute atomic E-state index is 12.9. The van der Waals surface area contributed by atoms with Crippen LogP contribution in [0.25, 0.3) is 27.6 Å². The highest BCUT2D eigenvalue weighted by molar-refractivity contribution is 7.13. The number of carbonyl (C=O) groups is 1. The minimum Gasteiger partial charge on any atom is -0.493 e. The third-order valence-corrected chi connectivity index (χ3v) is 6.28. The Balaban J connectivity index is 1.37. The lowest BCUT2D eigenvalue weighted by Crippen LogP contribution is -2.08. The number of ether oxygens (including phenoxy) is 3. The van der Waals surface area contributed by atoms with Gasteiger partial charge in [0.2, 0.25) is 0 Å². The minimum absolute atomic E-state index is 0.0117. The second kappa shape index (κ2) is 10.4. The van der Waals surface area contributed by atoms with Crippen LogP contribution < -0.4 is 9.47 Å². The van der Waals surface area contributed by atoms with Gasteiger partial charge in [0.1, 0.15) is 11.6 Å². The van der Waals surface area contributed by atoms with Crippen molar-refractivity contribution < 1.29 is 19.0 Å². The molecular weight excluding hydrogens is 476 g/mol. The van der Waals surface area contributed by atoms with Gasteiger partial charge in [-0.2, -0.15) is 0 Å². The van der Waals surface area contributed by atoms with Gasteiger partial charge in [0.05, 0.1) is 31.2 Å². The molecule has 0 bridgehead atoms. The second-order valence-corrected chi connectivity index (χ2v) is 8.49. The molecule has 0 fully saturated rings. The number of hydrogen-bond donors (Lipinski definition) is 0. The van der Waals surface area contributed by atoms with Crippen molar-refractivity contribution in [3.05, 3.63) is 95.8 Å². The van der Waals surface area contributed by atoms with Gasteiger partial charge in [0.25, 0.3) is 5.82 Å². The summed E-state index contributed by atoms with van der Waals surface area (Å²) in [7, 11) is 3.17. The van der Waals surface area contributed by atoms with Crippen LogP contribution in [0.5, 0.6) is 11.5 Å². The minimum atomic E-state index is -0.629. The van der Waals surface area contributed by atoms with Crippen molar-refractivity contribution in [3.63, 3.8) is 0 Å². The molecule has 0 spiro atoms. The molecule has 0 N–H and O–H groups in total.